The summed E-state index contributed by atoms with van der Waals surface area (Å²) in [5, 5.41) is 3.72. The molecule has 1 aliphatic heterocycles. The number of ether oxygens (including phenoxy) is 1. The number of aliphatic imine (C=N–C) groups is 1. The quantitative estimate of drug-likeness (QED) is 0.344. The molecule has 0 radical (unpaired) electrons. The zero-order chi connectivity index (χ0) is 18.9. The van der Waals surface area contributed by atoms with E-state index in [1.54, 1.807) is 0 Å². The smallest absolute Gasteiger partial charge is 0.237 e. The van der Waals surface area contributed by atoms with Gasteiger partial charge in [-0.25, -0.2) is 0 Å². The third-order valence-electron chi connectivity index (χ3n) is 6.93. The Bertz CT molecular complexity index is 556. The van der Waals surface area contributed by atoms with Crippen LogP contribution in [-0.4, -0.2) is 79.2 Å². The highest BCUT2D eigenvalue weighted by Gasteiger charge is 2.59. The molecule has 0 aromatic carbocycles. The van der Waals surface area contributed by atoms with Crippen molar-refractivity contribution >= 4 is 35.8 Å². The highest BCUT2D eigenvalue weighted by atomic mass is 127. The fourth-order valence-corrected chi connectivity index (χ4v) is 4.73. The van der Waals surface area contributed by atoms with Gasteiger partial charge < -0.3 is 20.7 Å². The van der Waals surface area contributed by atoms with Crippen molar-refractivity contribution in [2.45, 2.75) is 64.1 Å². The maximum absolute atomic E-state index is 11.7. The third kappa shape index (κ3) is 4.07. The lowest BCUT2D eigenvalue weighted by Gasteiger charge is -2.61. The fourth-order valence-electron chi connectivity index (χ4n) is 4.73. The first-order valence-electron chi connectivity index (χ1n) is 10.00. The zero-order valence-electron chi connectivity index (χ0n) is 17.2. The van der Waals surface area contributed by atoms with Gasteiger partial charge in [0.15, 0.2) is 5.96 Å². The molecule has 7 nitrogen and oxygen atoms in total. The SMILES string of the molecule is CCOC1CC(NC(=NC)N2CCN(C(C)(C)C(N)=O)CC2)C12CCC2.I. The molecule has 3 aliphatic rings. The second kappa shape index (κ2) is 8.82. The number of primary amides is 1. The maximum atomic E-state index is 11.7. The number of nitrogens with zero attached hydrogens (tertiary/aromatic N) is 3. The largest absolute Gasteiger partial charge is 0.378 e. The van der Waals surface area contributed by atoms with E-state index < -0.39 is 5.54 Å². The van der Waals surface area contributed by atoms with Crippen LogP contribution in [0.5, 0.6) is 0 Å². The number of carbonyl (C=O) groups excluding carboxylic acids is 1. The van der Waals surface area contributed by atoms with E-state index in [9.17, 15) is 4.79 Å². The molecular formula is C19H36IN5O2. The van der Waals surface area contributed by atoms with E-state index in [2.05, 4.69) is 27.0 Å². The van der Waals surface area contributed by atoms with E-state index >= 15 is 0 Å². The van der Waals surface area contributed by atoms with Crippen molar-refractivity contribution in [2.75, 3.05) is 39.8 Å². The third-order valence-corrected chi connectivity index (χ3v) is 6.93. The first-order chi connectivity index (χ1) is 12.3. The average Bonchev–Trinajstić information content (AvgIpc) is 2.56. The molecule has 27 heavy (non-hydrogen) atoms. The number of piperazine rings is 1. The van der Waals surface area contributed by atoms with Crippen LogP contribution in [0.25, 0.3) is 0 Å². The number of guanidine groups is 1. The lowest BCUT2D eigenvalue weighted by Crippen LogP contribution is -2.69. The molecule has 0 bridgehead atoms. The summed E-state index contributed by atoms with van der Waals surface area (Å²) in [6.45, 7) is 10.0. The second-order valence-corrected chi connectivity index (χ2v) is 8.41. The van der Waals surface area contributed by atoms with Crippen molar-refractivity contribution in [3.8, 4) is 0 Å². The van der Waals surface area contributed by atoms with E-state index in [0.717, 1.165) is 45.2 Å². The van der Waals surface area contributed by atoms with Crippen LogP contribution in [0.4, 0.5) is 0 Å². The Hall–Kier alpha value is -0.610. The molecule has 2 atom stereocenters. The molecule has 3 rings (SSSR count). The zero-order valence-corrected chi connectivity index (χ0v) is 19.5. The monoisotopic (exact) mass is 493 g/mol. The summed E-state index contributed by atoms with van der Waals surface area (Å²) in [5.74, 6) is 0.713. The van der Waals surface area contributed by atoms with Crippen molar-refractivity contribution in [3.05, 3.63) is 0 Å². The minimum Gasteiger partial charge on any atom is -0.378 e. The van der Waals surface area contributed by atoms with Crippen LogP contribution in [0.3, 0.4) is 0 Å². The molecule has 156 valence electrons. The molecule has 1 spiro atoms. The van der Waals surface area contributed by atoms with Crippen LogP contribution in [0.2, 0.25) is 0 Å². The topological polar surface area (TPSA) is 83.2 Å². The Kier molecular flexibility index (Phi) is 7.40. The van der Waals surface area contributed by atoms with Gasteiger partial charge in [-0.2, -0.15) is 0 Å². The molecule has 1 amide bonds. The Balaban J connectivity index is 0.00000261. The van der Waals surface area contributed by atoms with Gasteiger partial charge in [0, 0.05) is 51.3 Å². The van der Waals surface area contributed by atoms with Gasteiger partial charge in [-0.1, -0.05) is 6.42 Å². The molecule has 0 aromatic heterocycles. The number of hydrogen-bond donors (Lipinski definition) is 2. The van der Waals surface area contributed by atoms with E-state index in [1.807, 2.05) is 20.9 Å². The Morgan fingerprint density at radius 1 is 1.30 bits per heavy atom. The molecule has 3 N–H and O–H groups in total. The van der Waals surface area contributed by atoms with Crippen LogP contribution in [0.15, 0.2) is 4.99 Å². The number of rotatable bonds is 5. The minimum atomic E-state index is -0.599. The van der Waals surface area contributed by atoms with Gasteiger partial charge in [0.05, 0.1) is 11.6 Å². The van der Waals surface area contributed by atoms with Crippen LogP contribution in [-0.2, 0) is 9.53 Å². The molecule has 0 aromatic rings. The van der Waals surface area contributed by atoms with Crippen molar-refractivity contribution < 1.29 is 9.53 Å². The van der Waals surface area contributed by atoms with Crippen LogP contribution >= 0.6 is 24.0 Å². The Morgan fingerprint density at radius 3 is 2.37 bits per heavy atom. The first kappa shape index (κ1) is 22.7. The van der Waals surface area contributed by atoms with E-state index in [0.29, 0.717) is 17.6 Å². The number of nitrogens with one attached hydrogen (secondary N) is 1. The van der Waals surface area contributed by atoms with Gasteiger partial charge >= 0.3 is 0 Å². The van der Waals surface area contributed by atoms with Gasteiger partial charge in [-0.05, 0) is 40.0 Å². The summed E-state index contributed by atoms with van der Waals surface area (Å²) in [7, 11) is 1.86. The lowest BCUT2D eigenvalue weighted by molar-refractivity contribution is -0.169. The van der Waals surface area contributed by atoms with Crippen molar-refractivity contribution in [2.24, 2.45) is 16.1 Å². The average molecular weight is 493 g/mol. The summed E-state index contributed by atoms with van der Waals surface area (Å²) in [5.41, 5.74) is 5.28. The van der Waals surface area contributed by atoms with Crippen LogP contribution in [0.1, 0.15) is 46.5 Å². The number of carbonyl (C=O) groups is 1. The van der Waals surface area contributed by atoms with E-state index in [-0.39, 0.29) is 29.9 Å². The van der Waals surface area contributed by atoms with Gasteiger partial charge in [-0.3, -0.25) is 14.7 Å². The van der Waals surface area contributed by atoms with Gasteiger partial charge in [-0.15, -0.1) is 24.0 Å². The minimum absolute atomic E-state index is 0. The molecular weight excluding hydrogens is 457 g/mol. The summed E-state index contributed by atoms with van der Waals surface area (Å²) in [4.78, 5) is 20.7. The van der Waals surface area contributed by atoms with Crippen molar-refractivity contribution in [3.63, 3.8) is 0 Å². The number of nitrogens with two attached hydrogens (primary N) is 1. The second-order valence-electron chi connectivity index (χ2n) is 8.41. The molecule has 1 saturated heterocycles. The molecule has 3 fully saturated rings. The maximum Gasteiger partial charge on any atom is 0.237 e. The highest BCUT2D eigenvalue weighted by Crippen LogP contribution is 2.57. The molecule has 2 unspecified atom stereocenters. The van der Waals surface area contributed by atoms with E-state index in [1.165, 1.54) is 19.3 Å². The molecule has 2 aliphatic carbocycles. The van der Waals surface area contributed by atoms with Gasteiger partial charge in [0.25, 0.3) is 0 Å². The van der Waals surface area contributed by atoms with Gasteiger partial charge in [0.1, 0.15) is 0 Å². The molecule has 2 saturated carbocycles. The van der Waals surface area contributed by atoms with Crippen LogP contribution < -0.4 is 11.1 Å². The summed E-state index contributed by atoms with van der Waals surface area (Å²) in [6.07, 6.45) is 5.30. The normalized spacial score (nSPS) is 28.1. The predicted molar refractivity (Wildman–Crippen MR) is 118 cm³/mol. The van der Waals surface area contributed by atoms with Gasteiger partial charge in [0.2, 0.25) is 5.91 Å². The Labute approximate surface area is 180 Å². The number of halogens is 1. The Morgan fingerprint density at radius 2 is 1.93 bits per heavy atom. The summed E-state index contributed by atoms with van der Waals surface area (Å²) < 4.78 is 5.96. The van der Waals surface area contributed by atoms with Crippen molar-refractivity contribution in [1.82, 2.24) is 15.1 Å². The molecule has 1 heterocycles. The summed E-state index contributed by atoms with van der Waals surface area (Å²) >= 11 is 0. The number of amides is 1. The predicted octanol–water partition coefficient (Wildman–Crippen LogP) is 1.41. The lowest BCUT2D eigenvalue weighted by atomic mass is 9.51. The van der Waals surface area contributed by atoms with Crippen LogP contribution in [0, 0.1) is 5.41 Å². The summed E-state index contributed by atoms with van der Waals surface area (Å²) in [6, 6.07) is 0.464. The molecule has 8 heteroatoms. The van der Waals surface area contributed by atoms with E-state index in [4.69, 9.17) is 10.5 Å². The standard InChI is InChI=1S/C19H35N5O2.HI/c1-5-26-15-13-14(19(15)7-6-8-19)22-17(21-4)23-9-11-24(12-10-23)18(2,3)16(20)25;/h14-15H,5-13H2,1-4H3,(H2,20,25)(H,21,22);1H. The fraction of sp³-hybridized carbons (Fsp3) is 0.895. The van der Waals surface area contributed by atoms with Crippen molar-refractivity contribution in [1.29, 1.82) is 0 Å². The highest BCUT2D eigenvalue weighted by molar-refractivity contribution is 14.0. The number of hydrogen-bond acceptors (Lipinski definition) is 4. The first-order valence-corrected chi connectivity index (χ1v) is 10.00.